The molecular formula is C16H17N3O2. The highest BCUT2D eigenvalue weighted by Gasteiger charge is 2.18. The normalized spacial score (nSPS) is 18.2. The Morgan fingerprint density at radius 3 is 3.00 bits per heavy atom. The van der Waals surface area contributed by atoms with Gasteiger partial charge in [0, 0.05) is 18.9 Å². The van der Waals surface area contributed by atoms with Crippen molar-refractivity contribution in [3.8, 4) is 0 Å². The van der Waals surface area contributed by atoms with Gasteiger partial charge < -0.3 is 10.1 Å². The van der Waals surface area contributed by atoms with E-state index in [1.807, 2.05) is 41.2 Å². The number of nitrogens with one attached hydrogen (secondary N) is 1. The molecule has 0 radical (unpaired) electrons. The van der Waals surface area contributed by atoms with Crippen LogP contribution in [0.5, 0.6) is 0 Å². The molecule has 3 rings (SSSR count). The molecule has 108 valence electrons. The van der Waals surface area contributed by atoms with Gasteiger partial charge in [-0.05, 0) is 18.1 Å². The molecule has 1 aliphatic heterocycles. The molecule has 0 saturated carbocycles. The monoisotopic (exact) mass is 283 g/mol. The second kappa shape index (κ2) is 6.37. The van der Waals surface area contributed by atoms with E-state index in [2.05, 4.69) is 10.4 Å². The van der Waals surface area contributed by atoms with E-state index in [1.165, 1.54) is 6.08 Å². The van der Waals surface area contributed by atoms with Gasteiger partial charge in [0.25, 0.3) is 0 Å². The van der Waals surface area contributed by atoms with Crippen LogP contribution in [0.4, 0.5) is 5.69 Å². The molecule has 1 saturated heterocycles. The Morgan fingerprint density at radius 2 is 2.24 bits per heavy atom. The minimum atomic E-state index is -0.166. The molecule has 0 aliphatic carbocycles. The van der Waals surface area contributed by atoms with Gasteiger partial charge in [-0.3, -0.25) is 9.48 Å². The number of carbonyl (C=O) groups is 1. The summed E-state index contributed by atoms with van der Waals surface area (Å²) < 4.78 is 7.18. The molecule has 21 heavy (non-hydrogen) atoms. The van der Waals surface area contributed by atoms with Gasteiger partial charge in [-0.2, -0.15) is 5.10 Å². The number of hydrogen-bond donors (Lipinski definition) is 1. The highest BCUT2D eigenvalue weighted by atomic mass is 16.5. The Hall–Kier alpha value is -2.40. The molecule has 1 amide bonds. The molecule has 1 atom stereocenters. The largest absolute Gasteiger partial charge is 0.379 e. The van der Waals surface area contributed by atoms with Gasteiger partial charge in [-0.1, -0.05) is 30.3 Å². The predicted molar refractivity (Wildman–Crippen MR) is 80.8 cm³/mol. The van der Waals surface area contributed by atoms with Crippen molar-refractivity contribution in [2.24, 2.45) is 0 Å². The number of ether oxygens (including phenoxy) is 1. The first-order valence-electron chi connectivity index (χ1n) is 6.97. The molecule has 1 aromatic heterocycles. The quantitative estimate of drug-likeness (QED) is 0.877. The second-order valence-electron chi connectivity index (χ2n) is 4.96. The smallest absolute Gasteiger partial charge is 0.248 e. The third-order valence-corrected chi connectivity index (χ3v) is 3.38. The van der Waals surface area contributed by atoms with Gasteiger partial charge in [0.1, 0.15) is 0 Å². The zero-order chi connectivity index (χ0) is 14.5. The Morgan fingerprint density at radius 1 is 1.38 bits per heavy atom. The maximum Gasteiger partial charge on any atom is 0.248 e. The van der Waals surface area contributed by atoms with Crippen molar-refractivity contribution < 1.29 is 9.53 Å². The molecule has 2 aromatic rings. The Kier molecular flexibility index (Phi) is 4.12. The van der Waals surface area contributed by atoms with Crippen molar-refractivity contribution in [2.75, 3.05) is 18.5 Å². The van der Waals surface area contributed by atoms with Crippen molar-refractivity contribution >= 4 is 17.7 Å². The number of amides is 1. The topological polar surface area (TPSA) is 56.2 Å². The number of nitrogens with zero attached hydrogens (tertiary/aromatic N) is 2. The Balaban J connectivity index is 1.58. The number of benzene rings is 1. The average Bonchev–Trinajstić information content (AvgIpc) is 3.17. The lowest BCUT2D eigenvalue weighted by molar-refractivity contribution is -0.111. The van der Waals surface area contributed by atoms with E-state index in [0.717, 1.165) is 18.6 Å². The molecule has 1 fully saturated rings. The van der Waals surface area contributed by atoms with Crippen LogP contribution >= 0.6 is 0 Å². The standard InChI is InChI=1S/C16H17N3O2/c20-16(7-6-13-4-2-1-3-5-13)18-14-10-17-19(11-14)15-8-9-21-12-15/h1-7,10-11,15H,8-9,12H2,(H,18,20)/b7-6+. The molecule has 1 unspecified atom stereocenters. The maximum atomic E-state index is 11.9. The fourth-order valence-corrected chi connectivity index (χ4v) is 2.25. The van der Waals surface area contributed by atoms with Gasteiger partial charge in [-0.25, -0.2) is 0 Å². The summed E-state index contributed by atoms with van der Waals surface area (Å²) in [6.07, 6.45) is 7.76. The third kappa shape index (κ3) is 3.58. The molecule has 5 nitrogen and oxygen atoms in total. The summed E-state index contributed by atoms with van der Waals surface area (Å²) in [5, 5.41) is 7.07. The van der Waals surface area contributed by atoms with Crippen molar-refractivity contribution in [2.45, 2.75) is 12.5 Å². The summed E-state index contributed by atoms with van der Waals surface area (Å²) in [4.78, 5) is 11.9. The van der Waals surface area contributed by atoms with E-state index < -0.39 is 0 Å². The van der Waals surface area contributed by atoms with Gasteiger partial charge in [0.2, 0.25) is 5.91 Å². The molecule has 2 heterocycles. The van der Waals surface area contributed by atoms with E-state index in [0.29, 0.717) is 12.3 Å². The Labute approximate surface area is 123 Å². The Bertz CT molecular complexity index is 628. The van der Waals surface area contributed by atoms with E-state index in [4.69, 9.17) is 4.74 Å². The van der Waals surface area contributed by atoms with E-state index >= 15 is 0 Å². The van der Waals surface area contributed by atoms with Gasteiger partial charge in [0.05, 0.1) is 24.5 Å². The average molecular weight is 283 g/mol. The van der Waals surface area contributed by atoms with E-state index in [9.17, 15) is 4.79 Å². The summed E-state index contributed by atoms with van der Waals surface area (Å²) >= 11 is 0. The van der Waals surface area contributed by atoms with Crippen LogP contribution in [-0.2, 0) is 9.53 Å². The maximum absolute atomic E-state index is 11.9. The highest BCUT2D eigenvalue weighted by Crippen LogP contribution is 2.19. The minimum Gasteiger partial charge on any atom is -0.379 e. The number of carbonyl (C=O) groups excluding carboxylic acids is 1. The summed E-state index contributed by atoms with van der Waals surface area (Å²) in [6.45, 7) is 1.45. The zero-order valence-corrected chi connectivity index (χ0v) is 11.6. The van der Waals surface area contributed by atoms with Crippen LogP contribution in [0.25, 0.3) is 6.08 Å². The van der Waals surface area contributed by atoms with Crippen molar-refractivity contribution in [3.05, 3.63) is 54.4 Å². The van der Waals surface area contributed by atoms with Crippen LogP contribution in [0, 0.1) is 0 Å². The van der Waals surface area contributed by atoms with Crippen LogP contribution in [0.1, 0.15) is 18.0 Å². The molecule has 1 aromatic carbocycles. The van der Waals surface area contributed by atoms with E-state index in [-0.39, 0.29) is 11.9 Å². The minimum absolute atomic E-state index is 0.166. The lowest BCUT2D eigenvalue weighted by Crippen LogP contribution is -2.09. The summed E-state index contributed by atoms with van der Waals surface area (Å²) in [7, 11) is 0. The van der Waals surface area contributed by atoms with Crippen molar-refractivity contribution in [1.29, 1.82) is 0 Å². The summed E-state index contributed by atoms with van der Waals surface area (Å²) in [6, 6.07) is 9.98. The molecule has 1 aliphatic rings. The molecule has 0 spiro atoms. The lowest BCUT2D eigenvalue weighted by atomic mass is 10.2. The lowest BCUT2D eigenvalue weighted by Gasteiger charge is -2.06. The van der Waals surface area contributed by atoms with Crippen LogP contribution in [-0.4, -0.2) is 28.9 Å². The van der Waals surface area contributed by atoms with Crippen LogP contribution in [0.2, 0.25) is 0 Å². The SMILES string of the molecule is O=C(/C=C/c1ccccc1)Nc1cnn(C2CCOC2)c1. The summed E-state index contributed by atoms with van der Waals surface area (Å²) in [5.74, 6) is -0.166. The highest BCUT2D eigenvalue weighted by molar-refractivity contribution is 6.01. The fourth-order valence-electron chi connectivity index (χ4n) is 2.25. The number of rotatable bonds is 4. The van der Waals surface area contributed by atoms with Gasteiger partial charge in [-0.15, -0.1) is 0 Å². The van der Waals surface area contributed by atoms with Crippen LogP contribution in [0.3, 0.4) is 0 Å². The number of aromatic nitrogens is 2. The van der Waals surface area contributed by atoms with Gasteiger partial charge >= 0.3 is 0 Å². The van der Waals surface area contributed by atoms with Crippen molar-refractivity contribution in [1.82, 2.24) is 9.78 Å². The number of hydrogen-bond acceptors (Lipinski definition) is 3. The molecular weight excluding hydrogens is 266 g/mol. The molecule has 1 N–H and O–H groups in total. The zero-order valence-electron chi connectivity index (χ0n) is 11.6. The first-order chi connectivity index (χ1) is 10.3. The predicted octanol–water partition coefficient (Wildman–Crippen LogP) is 2.50. The van der Waals surface area contributed by atoms with Crippen molar-refractivity contribution in [3.63, 3.8) is 0 Å². The van der Waals surface area contributed by atoms with Gasteiger partial charge in [0.15, 0.2) is 0 Å². The van der Waals surface area contributed by atoms with Crippen LogP contribution < -0.4 is 5.32 Å². The molecule has 5 heteroatoms. The summed E-state index contributed by atoms with van der Waals surface area (Å²) in [5.41, 5.74) is 1.69. The van der Waals surface area contributed by atoms with Crippen LogP contribution in [0.15, 0.2) is 48.8 Å². The number of anilines is 1. The third-order valence-electron chi connectivity index (χ3n) is 3.38. The van der Waals surface area contributed by atoms with E-state index in [1.54, 1.807) is 12.3 Å². The second-order valence-corrected chi connectivity index (χ2v) is 4.96. The fraction of sp³-hybridized carbons (Fsp3) is 0.250. The first kappa shape index (κ1) is 13.6. The first-order valence-corrected chi connectivity index (χ1v) is 6.97. The molecule has 0 bridgehead atoms.